The largest absolute Gasteiger partial charge is 0.395 e. The van der Waals surface area contributed by atoms with Crippen LogP contribution in [0, 0.1) is 0 Å². The van der Waals surface area contributed by atoms with Crippen LogP contribution in [0.4, 0.5) is 5.82 Å². The van der Waals surface area contributed by atoms with Crippen LogP contribution in [0.5, 0.6) is 0 Å². The highest BCUT2D eigenvalue weighted by atomic mass is 16.3. The minimum absolute atomic E-state index is 0.0743. The predicted molar refractivity (Wildman–Crippen MR) is 66.3 cm³/mol. The summed E-state index contributed by atoms with van der Waals surface area (Å²) in [6.07, 6.45) is 3.52. The lowest BCUT2D eigenvalue weighted by Crippen LogP contribution is -2.29. The van der Waals surface area contributed by atoms with Gasteiger partial charge < -0.3 is 15.7 Å². The van der Waals surface area contributed by atoms with Crippen LogP contribution >= 0.6 is 0 Å². The van der Waals surface area contributed by atoms with Crippen LogP contribution in [0.15, 0.2) is 31.0 Å². The molecule has 0 radical (unpaired) electrons. The molecule has 1 aromatic heterocycles. The van der Waals surface area contributed by atoms with Crippen LogP contribution in [0.25, 0.3) is 0 Å². The first kappa shape index (κ1) is 12.7. The second-order valence-corrected chi connectivity index (χ2v) is 3.66. The molecular weight excluding hydrogens is 202 g/mol. The number of hydrogen-bond donors (Lipinski definition) is 2. The number of aromatic nitrogens is 1. The monoisotopic (exact) mass is 221 g/mol. The van der Waals surface area contributed by atoms with Gasteiger partial charge in [-0.2, -0.15) is 0 Å². The molecule has 0 bridgehead atoms. The summed E-state index contributed by atoms with van der Waals surface area (Å²) in [4.78, 5) is 6.29. The molecule has 4 nitrogen and oxygen atoms in total. The van der Waals surface area contributed by atoms with Crippen molar-refractivity contribution in [2.24, 2.45) is 5.73 Å². The normalized spacial score (nSPS) is 12.2. The highest BCUT2D eigenvalue weighted by molar-refractivity contribution is 5.48. The molecule has 1 heterocycles. The molecule has 1 rings (SSSR count). The molecule has 0 saturated carbocycles. The van der Waals surface area contributed by atoms with Crippen LogP contribution in [0.3, 0.4) is 0 Å². The minimum atomic E-state index is -0.0743. The van der Waals surface area contributed by atoms with E-state index in [1.165, 1.54) is 0 Å². The summed E-state index contributed by atoms with van der Waals surface area (Å²) in [5.41, 5.74) is 6.87. The van der Waals surface area contributed by atoms with Crippen molar-refractivity contribution in [1.82, 2.24) is 4.98 Å². The number of hydrogen-bond acceptors (Lipinski definition) is 4. The Morgan fingerprint density at radius 2 is 2.44 bits per heavy atom. The number of nitrogens with zero attached hydrogens (tertiary/aromatic N) is 2. The van der Waals surface area contributed by atoms with Gasteiger partial charge >= 0.3 is 0 Å². The first-order valence-electron chi connectivity index (χ1n) is 5.38. The Morgan fingerprint density at radius 1 is 1.69 bits per heavy atom. The maximum absolute atomic E-state index is 9.02. The lowest BCUT2D eigenvalue weighted by molar-refractivity contribution is 0.302. The predicted octanol–water partition coefficient (Wildman–Crippen LogP) is 1.09. The number of pyridine rings is 1. The maximum atomic E-state index is 9.02. The smallest absolute Gasteiger partial charge is 0.133 e. The molecule has 1 atom stereocenters. The van der Waals surface area contributed by atoms with Gasteiger partial charge in [-0.3, -0.25) is 0 Å². The second-order valence-electron chi connectivity index (χ2n) is 3.66. The number of rotatable bonds is 6. The van der Waals surface area contributed by atoms with Gasteiger partial charge in [0.1, 0.15) is 5.82 Å². The topological polar surface area (TPSA) is 62.4 Å². The van der Waals surface area contributed by atoms with Crippen molar-refractivity contribution in [2.45, 2.75) is 13.0 Å². The van der Waals surface area contributed by atoms with Gasteiger partial charge in [-0.05, 0) is 13.0 Å². The first-order chi connectivity index (χ1) is 7.70. The molecule has 0 saturated heterocycles. The third kappa shape index (κ3) is 3.05. The van der Waals surface area contributed by atoms with Crippen molar-refractivity contribution < 1.29 is 5.11 Å². The van der Waals surface area contributed by atoms with Crippen molar-refractivity contribution in [3.63, 3.8) is 0 Å². The maximum Gasteiger partial charge on any atom is 0.133 e. The van der Waals surface area contributed by atoms with E-state index >= 15 is 0 Å². The fourth-order valence-corrected chi connectivity index (χ4v) is 1.59. The van der Waals surface area contributed by atoms with E-state index in [0.29, 0.717) is 13.1 Å². The van der Waals surface area contributed by atoms with Gasteiger partial charge in [0.15, 0.2) is 0 Å². The second kappa shape index (κ2) is 6.25. The van der Waals surface area contributed by atoms with Gasteiger partial charge in [-0.1, -0.05) is 12.1 Å². The van der Waals surface area contributed by atoms with Gasteiger partial charge in [0.2, 0.25) is 0 Å². The van der Waals surface area contributed by atoms with Crippen LogP contribution in [-0.2, 0) is 0 Å². The average Bonchev–Trinajstić information content (AvgIpc) is 2.29. The zero-order chi connectivity index (χ0) is 12.0. The van der Waals surface area contributed by atoms with E-state index < -0.39 is 0 Å². The van der Waals surface area contributed by atoms with Gasteiger partial charge in [0.25, 0.3) is 0 Å². The van der Waals surface area contributed by atoms with Crippen molar-refractivity contribution >= 4 is 5.82 Å². The van der Waals surface area contributed by atoms with E-state index in [2.05, 4.69) is 11.6 Å². The lowest BCUT2D eigenvalue weighted by atomic mass is 10.1. The van der Waals surface area contributed by atoms with Crippen molar-refractivity contribution in [2.75, 3.05) is 24.6 Å². The van der Waals surface area contributed by atoms with E-state index in [0.717, 1.165) is 11.4 Å². The summed E-state index contributed by atoms with van der Waals surface area (Å²) < 4.78 is 0. The summed E-state index contributed by atoms with van der Waals surface area (Å²) in [7, 11) is 0. The molecule has 4 heteroatoms. The summed E-state index contributed by atoms with van der Waals surface area (Å²) in [5.74, 6) is 0.825. The molecule has 0 aliphatic heterocycles. The Balaban J connectivity index is 3.01. The zero-order valence-corrected chi connectivity index (χ0v) is 9.63. The molecule has 0 aromatic carbocycles. The van der Waals surface area contributed by atoms with E-state index in [9.17, 15) is 0 Å². The molecule has 16 heavy (non-hydrogen) atoms. The molecule has 0 amide bonds. The third-order valence-electron chi connectivity index (χ3n) is 2.33. The zero-order valence-electron chi connectivity index (χ0n) is 9.63. The Hall–Kier alpha value is -1.39. The van der Waals surface area contributed by atoms with Crippen molar-refractivity contribution in [3.8, 4) is 0 Å². The standard InChI is InChI=1S/C12H19N3O/c1-3-7-15(8-9-16)12-11(10(2)13)5-4-6-14-12/h3-6,10,16H,1,7-9,13H2,2H3. The van der Waals surface area contributed by atoms with Crippen LogP contribution in [-0.4, -0.2) is 29.8 Å². The molecule has 1 unspecified atom stereocenters. The Bertz CT molecular complexity index is 339. The molecular formula is C12H19N3O. The molecule has 3 N–H and O–H groups in total. The fraction of sp³-hybridized carbons (Fsp3) is 0.417. The Morgan fingerprint density at radius 3 is 3.00 bits per heavy atom. The van der Waals surface area contributed by atoms with Crippen LogP contribution in [0.2, 0.25) is 0 Å². The molecule has 1 aromatic rings. The highest BCUT2D eigenvalue weighted by Gasteiger charge is 2.13. The number of anilines is 1. The van der Waals surface area contributed by atoms with Crippen molar-refractivity contribution in [3.05, 3.63) is 36.5 Å². The number of aliphatic hydroxyl groups is 1. The average molecular weight is 221 g/mol. The van der Waals surface area contributed by atoms with E-state index in [1.807, 2.05) is 24.0 Å². The lowest BCUT2D eigenvalue weighted by Gasteiger charge is -2.24. The Kier molecular flexibility index (Phi) is 4.95. The van der Waals surface area contributed by atoms with E-state index in [-0.39, 0.29) is 12.6 Å². The number of aliphatic hydroxyl groups excluding tert-OH is 1. The Labute approximate surface area is 96.4 Å². The van der Waals surface area contributed by atoms with Gasteiger partial charge in [0.05, 0.1) is 6.61 Å². The minimum Gasteiger partial charge on any atom is -0.395 e. The summed E-state index contributed by atoms with van der Waals surface area (Å²) >= 11 is 0. The van der Waals surface area contributed by atoms with Crippen LogP contribution < -0.4 is 10.6 Å². The summed E-state index contributed by atoms with van der Waals surface area (Å²) in [6, 6.07) is 3.75. The third-order valence-corrected chi connectivity index (χ3v) is 2.33. The molecule has 0 fully saturated rings. The quantitative estimate of drug-likeness (QED) is 0.706. The van der Waals surface area contributed by atoms with Crippen molar-refractivity contribution in [1.29, 1.82) is 0 Å². The molecule has 0 spiro atoms. The number of nitrogens with two attached hydrogens (primary N) is 1. The molecule has 0 aliphatic carbocycles. The van der Waals surface area contributed by atoms with Gasteiger partial charge in [-0.25, -0.2) is 4.98 Å². The van der Waals surface area contributed by atoms with Gasteiger partial charge in [-0.15, -0.1) is 6.58 Å². The summed E-state index contributed by atoms with van der Waals surface area (Å²) in [5, 5.41) is 9.02. The molecule has 0 aliphatic rings. The van der Waals surface area contributed by atoms with E-state index in [4.69, 9.17) is 10.8 Å². The fourth-order valence-electron chi connectivity index (χ4n) is 1.59. The van der Waals surface area contributed by atoms with Crippen LogP contribution in [0.1, 0.15) is 18.5 Å². The van der Waals surface area contributed by atoms with E-state index in [1.54, 1.807) is 12.3 Å². The highest BCUT2D eigenvalue weighted by Crippen LogP contribution is 2.21. The van der Waals surface area contributed by atoms with Gasteiger partial charge in [0, 0.05) is 30.9 Å². The summed E-state index contributed by atoms with van der Waals surface area (Å²) in [6.45, 7) is 6.89. The first-order valence-corrected chi connectivity index (χ1v) is 5.38. The SMILES string of the molecule is C=CCN(CCO)c1ncccc1C(C)N. The molecule has 88 valence electrons.